The highest BCUT2D eigenvalue weighted by Crippen LogP contribution is 2.29. The first-order chi connectivity index (χ1) is 11.8. The van der Waals surface area contributed by atoms with Crippen LogP contribution in [0.2, 0.25) is 0 Å². The summed E-state index contributed by atoms with van der Waals surface area (Å²) in [6.07, 6.45) is 1.75. The number of allylic oxidation sites excluding steroid dienone is 1. The monoisotopic (exact) mass is 337 g/mol. The highest BCUT2D eigenvalue weighted by atomic mass is 32.1. The fourth-order valence-corrected chi connectivity index (χ4v) is 3.58. The van der Waals surface area contributed by atoms with Gasteiger partial charge in [0.05, 0.1) is 29.0 Å². The Morgan fingerprint density at radius 1 is 1.21 bits per heavy atom. The van der Waals surface area contributed by atoms with Crippen molar-refractivity contribution < 1.29 is 9.15 Å². The Labute approximate surface area is 143 Å². The zero-order valence-corrected chi connectivity index (χ0v) is 13.8. The number of furan rings is 1. The average molecular weight is 337 g/mol. The molecule has 0 amide bonds. The molecule has 1 aliphatic heterocycles. The lowest BCUT2D eigenvalue weighted by Gasteiger charge is -2.26. The number of fused-ring (bicyclic) bond motifs is 1. The first kappa shape index (κ1) is 14.9. The van der Waals surface area contributed by atoms with E-state index in [1.807, 2.05) is 36.4 Å². The number of nitrogens with zero attached hydrogens (tertiary/aromatic N) is 3. The fraction of sp³-hybridized carbons (Fsp3) is 0.222. The van der Waals surface area contributed by atoms with Crippen molar-refractivity contribution in [2.75, 3.05) is 31.2 Å². The van der Waals surface area contributed by atoms with Gasteiger partial charge in [-0.1, -0.05) is 12.1 Å². The normalized spacial score (nSPS) is 15.6. The predicted octanol–water partition coefficient (Wildman–Crippen LogP) is 3.79. The van der Waals surface area contributed by atoms with Gasteiger partial charge in [0.15, 0.2) is 5.88 Å². The van der Waals surface area contributed by atoms with Gasteiger partial charge in [0.1, 0.15) is 16.8 Å². The largest absolute Gasteiger partial charge is 0.441 e. The van der Waals surface area contributed by atoms with Gasteiger partial charge in [0.2, 0.25) is 0 Å². The Balaban J connectivity index is 1.63. The summed E-state index contributed by atoms with van der Waals surface area (Å²) in [6.45, 7) is 3.06. The van der Waals surface area contributed by atoms with Crippen molar-refractivity contribution in [3.05, 3.63) is 47.2 Å². The lowest BCUT2D eigenvalue weighted by atomic mass is 10.2. The van der Waals surface area contributed by atoms with Crippen molar-refractivity contribution in [1.82, 2.24) is 4.98 Å². The first-order valence-corrected chi connectivity index (χ1v) is 8.55. The van der Waals surface area contributed by atoms with Crippen molar-refractivity contribution >= 4 is 39.1 Å². The molecule has 2 aromatic heterocycles. The Kier molecular flexibility index (Phi) is 4.03. The summed E-state index contributed by atoms with van der Waals surface area (Å²) in [5.74, 6) is 1.47. The molecule has 0 radical (unpaired) electrons. The van der Waals surface area contributed by atoms with E-state index in [0.717, 1.165) is 29.2 Å². The number of hydrogen-bond donors (Lipinski definition) is 0. The molecule has 5 nitrogen and oxygen atoms in total. The van der Waals surface area contributed by atoms with Gasteiger partial charge in [-0.25, -0.2) is 4.98 Å². The third-order valence-electron chi connectivity index (χ3n) is 3.87. The molecular weight excluding hydrogens is 322 g/mol. The van der Waals surface area contributed by atoms with Gasteiger partial charge in [0, 0.05) is 25.2 Å². The Morgan fingerprint density at radius 3 is 2.83 bits per heavy atom. The van der Waals surface area contributed by atoms with Crippen LogP contribution in [0.1, 0.15) is 10.8 Å². The van der Waals surface area contributed by atoms with E-state index in [2.05, 4.69) is 16.0 Å². The molecule has 3 aromatic rings. The summed E-state index contributed by atoms with van der Waals surface area (Å²) in [6, 6.07) is 13.9. The van der Waals surface area contributed by atoms with E-state index in [9.17, 15) is 5.26 Å². The van der Waals surface area contributed by atoms with Crippen LogP contribution in [-0.4, -0.2) is 31.3 Å². The summed E-state index contributed by atoms with van der Waals surface area (Å²) in [7, 11) is 0. The maximum absolute atomic E-state index is 9.50. The minimum Gasteiger partial charge on any atom is -0.441 e. The highest BCUT2D eigenvalue weighted by molar-refractivity contribution is 7.19. The fourth-order valence-electron chi connectivity index (χ4n) is 2.64. The summed E-state index contributed by atoms with van der Waals surface area (Å²) in [5.41, 5.74) is 1.42. The van der Waals surface area contributed by atoms with Crippen LogP contribution in [0.4, 0.5) is 5.88 Å². The molecule has 1 fully saturated rings. The lowest BCUT2D eigenvalue weighted by Crippen LogP contribution is -2.35. The van der Waals surface area contributed by atoms with Crippen LogP contribution >= 0.6 is 11.3 Å². The van der Waals surface area contributed by atoms with Crippen molar-refractivity contribution in [3.63, 3.8) is 0 Å². The number of anilines is 1. The first-order valence-electron chi connectivity index (χ1n) is 7.74. The van der Waals surface area contributed by atoms with E-state index >= 15 is 0 Å². The molecule has 24 heavy (non-hydrogen) atoms. The number of ether oxygens (including phenoxy) is 1. The van der Waals surface area contributed by atoms with Crippen LogP contribution in [0.5, 0.6) is 0 Å². The Morgan fingerprint density at radius 2 is 2.04 bits per heavy atom. The van der Waals surface area contributed by atoms with Crippen LogP contribution in [0.25, 0.3) is 21.9 Å². The highest BCUT2D eigenvalue weighted by Gasteiger charge is 2.15. The van der Waals surface area contributed by atoms with E-state index in [-0.39, 0.29) is 0 Å². The lowest BCUT2D eigenvalue weighted by molar-refractivity contribution is 0.120. The average Bonchev–Trinajstić information content (AvgIpc) is 3.27. The second kappa shape index (κ2) is 6.48. The second-order valence-electron chi connectivity index (χ2n) is 5.43. The molecule has 0 bridgehead atoms. The quantitative estimate of drug-likeness (QED) is 0.681. The zero-order valence-electron chi connectivity index (χ0n) is 12.9. The molecule has 0 unspecified atom stereocenters. The molecule has 0 atom stereocenters. The molecule has 4 rings (SSSR count). The van der Waals surface area contributed by atoms with E-state index in [4.69, 9.17) is 9.15 Å². The molecule has 0 spiro atoms. The van der Waals surface area contributed by atoms with Crippen molar-refractivity contribution in [1.29, 1.82) is 5.26 Å². The van der Waals surface area contributed by atoms with E-state index in [0.29, 0.717) is 29.6 Å². The third-order valence-corrected chi connectivity index (χ3v) is 4.94. The van der Waals surface area contributed by atoms with Crippen molar-refractivity contribution in [3.8, 4) is 6.07 Å². The molecule has 1 aliphatic rings. The SMILES string of the molecule is N#C/C(=C/c1ccc(N2CCOCC2)o1)c1nc2ccccc2s1. The van der Waals surface area contributed by atoms with Gasteiger partial charge >= 0.3 is 0 Å². The number of morpholine rings is 1. The number of rotatable bonds is 3. The van der Waals surface area contributed by atoms with Gasteiger partial charge in [-0.2, -0.15) is 5.26 Å². The van der Waals surface area contributed by atoms with Crippen LogP contribution in [0.3, 0.4) is 0 Å². The molecule has 1 saturated heterocycles. The second-order valence-corrected chi connectivity index (χ2v) is 6.46. The number of nitriles is 1. The molecule has 0 saturated carbocycles. The van der Waals surface area contributed by atoms with Gasteiger partial charge in [-0.05, 0) is 18.2 Å². The molecule has 120 valence electrons. The van der Waals surface area contributed by atoms with Crippen LogP contribution in [-0.2, 0) is 4.74 Å². The molecule has 0 N–H and O–H groups in total. The van der Waals surface area contributed by atoms with Crippen LogP contribution in [0, 0.1) is 11.3 Å². The standard InChI is InChI=1S/C18H15N3O2S/c19-12-13(18-20-15-3-1-2-4-16(15)24-18)11-14-5-6-17(23-14)21-7-9-22-10-8-21/h1-6,11H,7-10H2/b13-11-. The van der Waals surface area contributed by atoms with E-state index < -0.39 is 0 Å². The van der Waals surface area contributed by atoms with Gasteiger partial charge in [-0.15, -0.1) is 11.3 Å². The summed E-state index contributed by atoms with van der Waals surface area (Å²) in [5, 5.41) is 10.2. The van der Waals surface area contributed by atoms with E-state index in [1.165, 1.54) is 11.3 Å². The Bertz CT molecular complexity index is 896. The maximum Gasteiger partial charge on any atom is 0.196 e. The number of aromatic nitrogens is 1. The maximum atomic E-state index is 9.50. The van der Waals surface area contributed by atoms with Gasteiger partial charge in [-0.3, -0.25) is 0 Å². The summed E-state index contributed by atoms with van der Waals surface area (Å²) < 4.78 is 12.3. The Hall–Kier alpha value is -2.62. The number of benzene rings is 1. The minimum atomic E-state index is 0.513. The molecule has 3 heterocycles. The van der Waals surface area contributed by atoms with Crippen LogP contribution in [0.15, 0.2) is 40.8 Å². The summed E-state index contributed by atoms with van der Waals surface area (Å²) in [4.78, 5) is 6.68. The van der Waals surface area contributed by atoms with Crippen molar-refractivity contribution in [2.45, 2.75) is 0 Å². The smallest absolute Gasteiger partial charge is 0.196 e. The van der Waals surface area contributed by atoms with E-state index in [1.54, 1.807) is 6.08 Å². The number of thiazole rings is 1. The number of hydrogen-bond acceptors (Lipinski definition) is 6. The summed E-state index contributed by atoms with van der Waals surface area (Å²) >= 11 is 1.51. The molecule has 6 heteroatoms. The third kappa shape index (κ3) is 2.92. The van der Waals surface area contributed by atoms with Crippen LogP contribution < -0.4 is 4.90 Å². The molecule has 1 aromatic carbocycles. The predicted molar refractivity (Wildman–Crippen MR) is 94.8 cm³/mol. The molecule has 0 aliphatic carbocycles. The number of para-hydroxylation sites is 1. The zero-order chi connectivity index (χ0) is 16.4. The van der Waals surface area contributed by atoms with Gasteiger partial charge in [0.25, 0.3) is 0 Å². The minimum absolute atomic E-state index is 0.513. The van der Waals surface area contributed by atoms with Gasteiger partial charge < -0.3 is 14.1 Å². The van der Waals surface area contributed by atoms with Crippen molar-refractivity contribution in [2.24, 2.45) is 0 Å². The topological polar surface area (TPSA) is 62.3 Å². The molecular formula is C18H15N3O2S.